The Balaban J connectivity index is 2.20. The summed E-state index contributed by atoms with van der Waals surface area (Å²) in [7, 11) is -8.28. The van der Waals surface area contributed by atoms with Gasteiger partial charge in [0.1, 0.15) is 17.3 Å². The SMILES string of the molecule is Cc1nsc(N=Nc2ccc(N(CCCS(=O)(=O)O)CCCS(=O)(=O)O)cc2Cl)c1C#N. The molecular formula is C17H20ClN5O6S3. The van der Waals surface area contributed by atoms with E-state index < -0.39 is 31.7 Å². The molecule has 174 valence electrons. The number of aromatic nitrogens is 1. The Kier molecular flexibility index (Phi) is 9.08. The molecule has 0 aliphatic rings. The minimum atomic E-state index is -4.14. The Labute approximate surface area is 195 Å². The third kappa shape index (κ3) is 8.41. The van der Waals surface area contributed by atoms with Crippen molar-refractivity contribution in [1.29, 1.82) is 5.26 Å². The van der Waals surface area contributed by atoms with Crippen LogP contribution in [-0.4, -0.2) is 54.9 Å². The van der Waals surface area contributed by atoms with Crippen LogP contribution in [0.5, 0.6) is 0 Å². The Morgan fingerprint density at radius 2 is 1.72 bits per heavy atom. The summed E-state index contributed by atoms with van der Waals surface area (Å²) in [5, 5.41) is 17.8. The minimum Gasteiger partial charge on any atom is -0.371 e. The number of halogens is 1. The number of hydrogen-bond acceptors (Lipinski definition) is 10. The van der Waals surface area contributed by atoms with Gasteiger partial charge in [-0.25, -0.2) is 0 Å². The van der Waals surface area contributed by atoms with E-state index in [1.807, 2.05) is 6.07 Å². The molecule has 2 N–H and O–H groups in total. The van der Waals surface area contributed by atoms with Gasteiger partial charge < -0.3 is 4.90 Å². The smallest absolute Gasteiger partial charge is 0.264 e. The molecule has 1 aromatic heterocycles. The van der Waals surface area contributed by atoms with Crippen LogP contribution >= 0.6 is 23.1 Å². The molecule has 32 heavy (non-hydrogen) atoms. The molecule has 1 aromatic carbocycles. The summed E-state index contributed by atoms with van der Waals surface area (Å²) in [4.78, 5) is 1.68. The van der Waals surface area contributed by atoms with Crippen LogP contribution in [0.3, 0.4) is 0 Å². The van der Waals surface area contributed by atoms with Crippen LogP contribution < -0.4 is 4.90 Å². The van der Waals surface area contributed by atoms with Crippen molar-refractivity contribution in [2.24, 2.45) is 10.2 Å². The maximum Gasteiger partial charge on any atom is 0.264 e. The van der Waals surface area contributed by atoms with Gasteiger partial charge in [0.25, 0.3) is 20.2 Å². The Hall–Kier alpha value is -2.15. The predicted molar refractivity (Wildman–Crippen MR) is 121 cm³/mol. The summed E-state index contributed by atoms with van der Waals surface area (Å²) in [6.07, 6.45) is 0.177. The van der Waals surface area contributed by atoms with E-state index in [0.717, 1.165) is 11.5 Å². The predicted octanol–water partition coefficient (Wildman–Crippen LogP) is 3.75. The van der Waals surface area contributed by atoms with E-state index >= 15 is 0 Å². The van der Waals surface area contributed by atoms with Gasteiger partial charge >= 0.3 is 0 Å². The topological polar surface area (TPSA) is 173 Å². The van der Waals surface area contributed by atoms with E-state index in [1.54, 1.807) is 30.0 Å². The lowest BCUT2D eigenvalue weighted by Gasteiger charge is -2.25. The number of rotatable bonds is 11. The molecule has 2 rings (SSSR count). The van der Waals surface area contributed by atoms with E-state index in [2.05, 4.69) is 14.6 Å². The second kappa shape index (κ2) is 11.1. The molecule has 0 bridgehead atoms. The average Bonchev–Trinajstić information content (AvgIpc) is 3.03. The van der Waals surface area contributed by atoms with Gasteiger partial charge in [0.2, 0.25) is 0 Å². The summed E-state index contributed by atoms with van der Waals surface area (Å²) in [5.41, 5.74) is 1.76. The van der Waals surface area contributed by atoms with Gasteiger partial charge in [-0.3, -0.25) is 9.11 Å². The summed E-state index contributed by atoms with van der Waals surface area (Å²) in [6.45, 7) is 2.07. The molecule has 0 saturated carbocycles. The number of hydrogen-bond donors (Lipinski definition) is 2. The second-order valence-electron chi connectivity index (χ2n) is 6.66. The molecule has 0 atom stereocenters. The fourth-order valence-corrected chi connectivity index (χ4v) is 4.55. The first-order valence-corrected chi connectivity index (χ1v) is 13.5. The summed E-state index contributed by atoms with van der Waals surface area (Å²) in [5.74, 6) is -0.922. The largest absolute Gasteiger partial charge is 0.371 e. The minimum absolute atomic E-state index is 0.0887. The highest BCUT2D eigenvalue weighted by Gasteiger charge is 2.14. The molecule has 1 heterocycles. The van der Waals surface area contributed by atoms with E-state index in [1.165, 1.54) is 0 Å². The van der Waals surface area contributed by atoms with Crippen LogP contribution in [0.25, 0.3) is 0 Å². The molecule has 0 spiro atoms. The first-order valence-electron chi connectivity index (χ1n) is 9.12. The van der Waals surface area contributed by atoms with E-state index in [0.29, 0.717) is 27.6 Å². The van der Waals surface area contributed by atoms with Gasteiger partial charge in [0.15, 0.2) is 5.00 Å². The monoisotopic (exact) mass is 521 g/mol. The molecule has 0 radical (unpaired) electrons. The van der Waals surface area contributed by atoms with Gasteiger partial charge in [-0.1, -0.05) is 11.6 Å². The first kappa shape index (κ1) is 26.1. The number of anilines is 1. The van der Waals surface area contributed by atoms with Gasteiger partial charge in [-0.15, -0.1) is 10.2 Å². The zero-order valence-corrected chi connectivity index (χ0v) is 20.0. The maximum absolute atomic E-state index is 11.0. The van der Waals surface area contributed by atoms with Gasteiger partial charge in [-0.2, -0.15) is 26.5 Å². The molecule has 11 nitrogen and oxygen atoms in total. The van der Waals surface area contributed by atoms with Crippen molar-refractivity contribution in [2.45, 2.75) is 19.8 Å². The lowest BCUT2D eigenvalue weighted by Crippen LogP contribution is -2.28. The number of nitrogens with zero attached hydrogens (tertiary/aromatic N) is 5. The normalized spacial score (nSPS) is 12.2. The van der Waals surface area contributed by atoms with Gasteiger partial charge in [-0.05, 0) is 49.5 Å². The molecule has 0 saturated heterocycles. The molecular weight excluding hydrogens is 502 g/mol. The lowest BCUT2D eigenvalue weighted by atomic mass is 10.2. The van der Waals surface area contributed by atoms with Gasteiger partial charge in [0, 0.05) is 18.8 Å². The van der Waals surface area contributed by atoms with Crippen molar-refractivity contribution in [2.75, 3.05) is 29.5 Å². The molecule has 0 unspecified atom stereocenters. The lowest BCUT2D eigenvalue weighted by molar-refractivity contribution is 0.480. The van der Waals surface area contributed by atoms with Crippen LogP contribution in [-0.2, 0) is 20.2 Å². The highest BCUT2D eigenvalue weighted by atomic mass is 35.5. The number of aryl methyl sites for hydroxylation is 1. The Morgan fingerprint density at radius 1 is 1.12 bits per heavy atom. The maximum atomic E-state index is 11.0. The van der Waals surface area contributed by atoms with Crippen LogP contribution in [0.1, 0.15) is 24.1 Å². The quantitative estimate of drug-likeness (QED) is 0.329. The standard InChI is InChI=1S/C17H20ClN5O6S3/c1-12-14(11-19)17(30-22-12)21-20-16-5-4-13(10-15(16)18)23(6-2-8-31(24,25)26)7-3-9-32(27,28)29/h4-5,10H,2-3,6-9H2,1H3,(H,24,25,26)(H,27,28,29). The first-order chi connectivity index (χ1) is 14.9. The highest BCUT2D eigenvalue weighted by Crippen LogP contribution is 2.33. The van der Waals surface area contributed by atoms with E-state index in [-0.39, 0.29) is 31.0 Å². The van der Waals surface area contributed by atoms with Crippen LogP contribution in [0, 0.1) is 18.3 Å². The Morgan fingerprint density at radius 3 is 2.22 bits per heavy atom. The third-order valence-corrected chi connectivity index (χ3v) is 6.90. The second-order valence-corrected chi connectivity index (χ2v) is 11.0. The summed E-state index contributed by atoms with van der Waals surface area (Å²) in [6, 6.07) is 6.78. The highest BCUT2D eigenvalue weighted by molar-refractivity contribution is 7.86. The number of nitriles is 1. The average molecular weight is 522 g/mol. The number of benzene rings is 1. The van der Waals surface area contributed by atoms with Gasteiger partial charge in [0.05, 0.1) is 22.2 Å². The van der Waals surface area contributed by atoms with Crippen LogP contribution in [0.15, 0.2) is 28.4 Å². The van der Waals surface area contributed by atoms with Crippen molar-refractivity contribution in [3.8, 4) is 6.07 Å². The van der Waals surface area contributed by atoms with Crippen LogP contribution in [0.2, 0.25) is 5.02 Å². The van der Waals surface area contributed by atoms with Crippen molar-refractivity contribution >= 4 is 59.7 Å². The zero-order chi connectivity index (χ0) is 23.9. The molecule has 0 amide bonds. The van der Waals surface area contributed by atoms with E-state index in [4.69, 9.17) is 26.0 Å². The molecule has 0 aliphatic carbocycles. The summed E-state index contributed by atoms with van der Waals surface area (Å²) < 4.78 is 65.9. The Bertz CT molecular complexity index is 1200. The molecule has 0 fully saturated rings. The zero-order valence-electron chi connectivity index (χ0n) is 16.8. The molecule has 2 aromatic rings. The fourth-order valence-electron chi connectivity index (χ4n) is 2.67. The van der Waals surface area contributed by atoms with Crippen molar-refractivity contribution < 1.29 is 25.9 Å². The summed E-state index contributed by atoms with van der Waals surface area (Å²) >= 11 is 7.34. The van der Waals surface area contributed by atoms with Crippen molar-refractivity contribution in [1.82, 2.24) is 4.37 Å². The third-order valence-electron chi connectivity index (χ3n) is 4.16. The fraction of sp³-hybridized carbons (Fsp3) is 0.412. The molecule has 0 aliphatic heterocycles. The van der Waals surface area contributed by atoms with Crippen molar-refractivity contribution in [3.05, 3.63) is 34.5 Å². The molecule has 15 heteroatoms. The van der Waals surface area contributed by atoms with Crippen molar-refractivity contribution in [3.63, 3.8) is 0 Å². The van der Waals surface area contributed by atoms with Crippen LogP contribution in [0.4, 0.5) is 16.4 Å². The van der Waals surface area contributed by atoms with E-state index in [9.17, 15) is 16.8 Å². The number of azo groups is 1.